The van der Waals surface area contributed by atoms with Gasteiger partial charge in [-0.15, -0.1) is 11.3 Å². The van der Waals surface area contributed by atoms with Crippen molar-refractivity contribution in [3.8, 4) is 0 Å². The van der Waals surface area contributed by atoms with Gasteiger partial charge in [0.05, 0.1) is 12.0 Å². The van der Waals surface area contributed by atoms with Crippen molar-refractivity contribution in [2.75, 3.05) is 13.2 Å². The van der Waals surface area contributed by atoms with Crippen molar-refractivity contribution in [1.29, 1.82) is 0 Å². The van der Waals surface area contributed by atoms with Crippen molar-refractivity contribution in [2.24, 2.45) is 0 Å². The number of carboxylic acids is 1. The molecule has 1 aliphatic rings. The van der Waals surface area contributed by atoms with Gasteiger partial charge in [0, 0.05) is 18.1 Å². The standard InChI is InChI=1S/C19H21NO4S/c1-13-2-4-14(5-3-13)19(8-10-24-11-9-19)18(23)20-12-15-6-7-16(25-15)17(21)22/h2-7H,8-12H2,1H3,(H,20,23)(H,21,22). The summed E-state index contributed by atoms with van der Waals surface area (Å²) in [5.74, 6) is -0.965. The van der Waals surface area contributed by atoms with Gasteiger partial charge in [-0.25, -0.2) is 4.79 Å². The van der Waals surface area contributed by atoms with E-state index in [0.717, 1.165) is 16.0 Å². The number of aryl methyl sites for hydroxylation is 1. The van der Waals surface area contributed by atoms with Crippen molar-refractivity contribution in [3.63, 3.8) is 0 Å². The van der Waals surface area contributed by atoms with Gasteiger partial charge >= 0.3 is 5.97 Å². The molecule has 2 aromatic rings. The topological polar surface area (TPSA) is 75.6 Å². The van der Waals surface area contributed by atoms with E-state index in [1.807, 2.05) is 31.2 Å². The van der Waals surface area contributed by atoms with E-state index in [9.17, 15) is 9.59 Å². The second kappa shape index (κ2) is 7.37. The second-order valence-corrected chi connectivity index (χ2v) is 7.48. The van der Waals surface area contributed by atoms with Gasteiger partial charge in [0.15, 0.2) is 0 Å². The van der Waals surface area contributed by atoms with Crippen LogP contribution < -0.4 is 5.32 Å². The van der Waals surface area contributed by atoms with Crippen molar-refractivity contribution in [2.45, 2.75) is 31.7 Å². The maximum atomic E-state index is 13.0. The van der Waals surface area contributed by atoms with Crippen LogP contribution >= 0.6 is 11.3 Å². The second-order valence-electron chi connectivity index (χ2n) is 6.31. The number of hydrogen-bond donors (Lipinski definition) is 2. The number of carbonyl (C=O) groups is 2. The number of rotatable bonds is 5. The molecule has 2 heterocycles. The largest absolute Gasteiger partial charge is 0.477 e. The van der Waals surface area contributed by atoms with E-state index in [1.165, 1.54) is 11.3 Å². The van der Waals surface area contributed by atoms with E-state index in [4.69, 9.17) is 9.84 Å². The lowest BCUT2D eigenvalue weighted by Gasteiger charge is -2.36. The molecule has 2 N–H and O–H groups in total. The summed E-state index contributed by atoms with van der Waals surface area (Å²) in [6.45, 7) is 3.48. The lowest BCUT2D eigenvalue weighted by molar-refractivity contribution is -0.130. The summed E-state index contributed by atoms with van der Waals surface area (Å²) in [6, 6.07) is 11.4. The van der Waals surface area contributed by atoms with Crippen LogP contribution in [0.3, 0.4) is 0 Å². The van der Waals surface area contributed by atoms with Crippen LogP contribution in [0.5, 0.6) is 0 Å². The van der Waals surface area contributed by atoms with Gasteiger partial charge in [-0.3, -0.25) is 4.79 Å². The van der Waals surface area contributed by atoms with Gasteiger partial charge in [-0.05, 0) is 37.5 Å². The summed E-state index contributed by atoms with van der Waals surface area (Å²) in [6.07, 6.45) is 1.29. The molecule has 1 aromatic heterocycles. The number of aromatic carboxylic acids is 1. The lowest BCUT2D eigenvalue weighted by Crippen LogP contribution is -2.47. The molecule has 25 heavy (non-hydrogen) atoms. The van der Waals surface area contributed by atoms with Crippen LogP contribution in [-0.4, -0.2) is 30.2 Å². The molecule has 0 unspecified atom stereocenters. The Bertz CT molecular complexity index is 760. The smallest absolute Gasteiger partial charge is 0.345 e. The summed E-state index contributed by atoms with van der Waals surface area (Å²) >= 11 is 1.19. The number of nitrogens with one attached hydrogen (secondary N) is 1. The molecule has 132 valence electrons. The molecule has 0 atom stereocenters. The van der Waals surface area contributed by atoms with Crippen LogP contribution in [0.4, 0.5) is 0 Å². The van der Waals surface area contributed by atoms with Gasteiger partial charge < -0.3 is 15.2 Å². The highest BCUT2D eigenvalue weighted by molar-refractivity contribution is 7.13. The van der Waals surface area contributed by atoms with E-state index in [2.05, 4.69) is 5.32 Å². The summed E-state index contributed by atoms with van der Waals surface area (Å²) in [7, 11) is 0. The fourth-order valence-corrected chi connectivity index (χ4v) is 3.95. The third kappa shape index (κ3) is 3.75. The number of thiophene rings is 1. The Balaban J connectivity index is 1.77. The van der Waals surface area contributed by atoms with Crippen LogP contribution in [0.2, 0.25) is 0 Å². The molecule has 0 bridgehead atoms. The number of ether oxygens (including phenoxy) is 1. The van der Waals surface area contributed by atoms with Crippen molar-refractivity contribution < 1.29 is 19.4 Å². The maximum Gasteiger partial charge on any atom is 0.345 e. The van der Waals surface area contributed by atoms with Crippen molar-refractivity contribution in [1.82, 2.24) is 5.32 Å². The molecule has 1 saturated heterocycles. The Hall–Kier alpha value is -2.18. The minimum Gasteiger partial charge on any atom is -0.477 e. The third-order valence-electron chi connectivity index (χ3n) is 4.68. The van der Waals surface area contributed by atoms with E-state index < -0.39 is 11.4 Å². The Kier molecular flexibility index (Phi) is 5.20. The molecule has 6 heteroatoms. The molecule has 0 saturated carbocycles. The minimum atomic E-state index is -0.942. The third-order valence-corrected chi connectivity index (χ3v) is 5.75. The zero-order chi connectivity index (χ0) is 17.9. The Labute approximate surface area is 150 Å². The first-order valence-corrected chi connectivity index (χ1v) is 9.08. The normalized spacial score (nSPS) is 16.4. The first-order chi connectivity index (χ1) is 12.0. The van der Waals surface area contributed by atoms with Crippen LogP contribution in [-0.2, 0) is 21.5 Å². The summed E-state index contributed by atoms with van der Waals surface area (Å²) in [4.78, 5) is 25.1. The fourth-order valence-electron chi connectivity index (χ4n) is 3.16. The quantitative estimate of drug-likeness (QED) is 0.860. The first-order valence-electron chi connectivity index (χ1n) is 8.26. The maximum absolute atomic E-state index is 13.0. The highest BCUT2D eigenvalue weighted by Gasteiger charge is 2.41. The molecule has 3 rings (SSSR count). The molecule has 0 spiro atoms. The van der Waals surface area contributed by atoms with E-state index in [0.29, 0.717) is 32.6 Å². The van der Waals surface area contributed by atoms with E-state index >= 15 is 0 Å². The summed E-state index contributed by atoms with van der Waals surface area (Å²) in [5, 5.41) is 12.0. The molecule has 5 nitrogen and oxygen atoms in total. The summed E-state index contributed by atoms with van der Waals surface area (Å²) in [5.41, 5.74) is 1.58. The van der Waals surface area contributed by atoms with Gasteiger partial charge in [0.25, 0.3) is 0 Å². The zero-order valence-electron chi connectivity index (χ0n) is 14.1. The average Bonchev–Trinajstić information content (AvgIpc) is 3.10. The molecular formula is C19H21NO4S. The number of carbonyl (C=O) groups excluding carboxylic acids is 1. The molecule has 1 aliphatic heterocycles. The zero-order valence-corrected chi connectivity index (χ0v) is 14.9. The number of hydrogen-bond acceptors (Lipinski definition) is 4. The number of amides is 1. The highest BCUT2D eigenvalue weighted by atomic mass is 32.1. The molecule has 0 aliphatic carbocycles. The first kappa shape index (κ1) is 17.6. The van der Waals surface area contributed by atoms with Gasteiger partial charge in [-0.1, -0.05) is 29.8 Å². The van der Waals surface area contributed by atoms with Gasteiger partial charge in [0.2, 0.25) is 5.91 Å². The Morgan fingerprint density at radius 2 is 1.84 bits per heavy atom. The van der Waals surface area contributed by atoms with Crippen LogP contribution in [0.1, 0.15) is 38.5 Å². The summed E-state index contributed by atoms with van der Waals surface area (Å²) < 4.78 is 5.47. The van der Waals surface area contributed by atoms with Gasteiger partial charge in [-0.2, -0.15) is 0 Å². The highest BCUT2D eigenvalue weighted by Crippen LogP contribution is 2.35. The van der Waals surface area contributed by atoms with E-state index in [-0.39, 0.29) is 10.8 Å². The van der Waals surface area contributed by atoms with Crippen LogP contribution in [0, 0.1) is 6.92 Å². The van der Waals surface area contributed by atoms with Gasteiger partial charge in [0.1, 0.15) is 4.88 Å². The predicted molar refractivity (Wildman–Crippen MR) is 96.0 cm³/mol. The van der Waals surface area contributed by atoms with E-state index in [1.54, 1.807) is 12.1 Å². The van der Waals surface area contributed by atoms with Crippen LogP contribution in [0.25, 0.3) is 0 Å². The molecule has 0 radical (unpaired) electrons. The SMILES string of the molecule is Cc1ccc(C2(C(=O)NCc3ccc(C(=O)O)s3)CCOCC2)cc1. The fraction of sp³-hybridized carbons (Fsp3) is 0.368. The van der Waals surface area contributed by atoms with Crippen molar-refractivity contribution in [3.05, 3.63) is 57.3 Å². The number of benzene rings is 1. The molecule has 1 fully saturated rings. The molecule has 1 aromatic carbocycles. The Morgan fingerprint density at radius 1 is 1.16 bits per heavy atom. The molecule has 1 amide bonds. The average molecular weight is 359 g/mol. The minimum absolute atomic E-state index is 0.0232. The van der Waals surface area contributed by atoms with Crippen molar-refractivity contribution >= 4 is 23.2 Å². The lowest BCUT2D eigenvalue weighted by atomic mass is 9.73. The van der Waals surface area contributed by atoms with Crippen LogP contribution in [0.15, 0.2) is 36.4 Å². The molecular weight excluding hydrogens is 338 g/mol. The monoisotopic (exact) mass is 359 g/mol. The Morgan fingerprint density at radius 3 is 2.44 bits per heavy atom. The predicted octanol–water partition coefficient (Wildman–Crippen LogP) is 3.12. The number of carboxylic acid groups (broad SMARTS) is 1.